The molecule has 0 atom stereocenters. The van der Waals surface area contributed by atoms with Crippen LogP contribution in [-0.2, 0) is 5.75 Å². The minimum absolute atomic E-state index is 0.456. The van der Waals surface area contributed by atoms with Gasteiger partial charge in [0.05, 0.1) is 23.8 Å². The topological polar surface area (TPSA) is 74.6 Å². The highest BCUT2D eigenvalue weighted by Crippen LogP contribution is 2.29. The van der Waals surface area contributed by atoms with Gasteiger partial charge in [-0.3, -0.25) is 4.98 Å². The predicted octanol–water partition coefficient (Wildman–Crippen LogP) is 3.75. The van der Waals surface area contributed by atoms with E-state index in [0.29, 0.717) is 17.1 Å². The largest absolute Gasteiger partial charge is 0.495 e. The Kier molecular flexibility index (Phi) is 4.22. The Labute approximate surface area is 138 Å². The second-order valence-electron chi connectivity index (χ2n) is 5.24. The maximum atomic E-state index is 9.09. The Morgan fingerprint density at radius 3 is 2.91 bits per heavy atom. The van der Waals surface area contributed by atoms with Gasteiger partial charge >= 0.3 is 0 Å². The summed E-state index contributed by atoms with van der Waals surface area (Å²) < 4.78 is 5.33. The average molecular weight is 324 g/mol. The third-order valence-corrected chi connectivity index (χ3v) is 4.54. The second kappa shape index (κ2) is 6.31. The van der Waals surface area contributed by atoms with Crippen molar-refractivity contribution in [2.45, 2.75) is 24.8 Å². The second-order valence-corrected chi connectivity index (χ2v) is 6.20. The zero-order chi connectivity index (χ0) is 16.4. The summed E-state index contributed by atoms with van der Waals surface area (Å²) in [6.07, 6.45) is 1.56. The van der Waals surface area contributed by atoms with Crippen molar-refractivity contribution in [1.82, 2.24) is 15.0 Å². The number of fused-ring (bicyclic) bond motifs is 1. The van der Waals surface area contributed by atoms with Crippen molar-refractivity contribution in [3.05, 3.63) is 46.8 Å². The number of H-pyrrole nitrogens is 1. The Balaban J connectivity index is 1.83. The Morgan fingerprint density at radius 2 is 2.17 bits per heavy atom. The van der Waals surface area contributed by atoms with E-state index in [1.54, 1.807) is 25.1 Å². The van der Waals surface area contributed by atoms with Crippen molar-refractivity contribution in [3.63, 3.8) is 0 Å². The van der Waals surface area contributed by atoms with Crippen LogP contribution in [-0.4, -0.2) is 22.1 Å². The number of hydrogen-bond acceptors (Lipinski definition) is 5. The van der Waals surface area contributed by atoms with Crippen molar-refractivity contribution in [2.75, 3.05) is 7.11 Å². The number of ether oxygens (including phenoxy) is 1. The van der Waals surface area contributed by atoms with Crippen molar-refractivity contribution in [1.29, 1.82) is 5.26 Å². The molecule has 0 saturated heterocycles. The lowest BCUT2D eigenvalue weighted by atomic mass is 10.1. The van der Waals surface area contributed by atoms with Gasteiger partial charge in [0.25, 0.3) is 0 Å². The Bertz CT molecular complexity index is 911. The van der Waals surface area contributed by atoms with Crippen LogP contribution in [0.5, 0.6) is 5.75 Å². The van der Waals surface area contributed by atoms with Crippen LogP contribution in [0.4, 0.5) is 0 Å². The van der Waals surface area contributed by atoms with Crippen LogP contribution >= 0.6 is 11.8 Å². The van der Waals surface area contributed by atoms with Gasteiger partial charge in [-0.05, 0) is 31.5 Å². The first-order valence-corrected chi connectivity index (χ1v) is 8.12. The third-order valence-electron chi connectivity index (χ3n) is 3.65. The molecular weight excluding hydrogens is 308 g/mol. The molecular formula is C17H16N4OS. The van der Waals surface area contributed by atoms with E-state index in [9.17, 15) is 0 Å². The number of nitrogens with zero attached hydrogens (tertiary/aromatic N) is 3. The predicted molar refractivity (Wildman–Crippen MR) is 90.6 cm³/mol. The molecule has 3 aromatic rings. The SMILES string of the molecule is COc1c(C#N)cnc(CSc2nc3ccc(C)cc3[nH]2)c1C. The highest BCUT2D eigenvalue weighted by molar-refractivity contribution is 7.98. The van der Waals surface area contributed by atoms with E-state index in [-0.39, 0.29) is 0 Å². The lowest BCUT2D eigenvalue weighted by Crippen LogP contribution is -1.99. The maximum Gasteiger partial charge on any atom is 0.166 e. The number of nitrogens with one attached hydrogen (secondary N) is 1. The molecule has 23 heavy (non-hydrogen) atoms. The fourth-order valence-electron chi connectivity index (χ4n) is 2.42. The number of aromatic nitrogens is 3. The van der Waals surface area contributed by atoms with E-state index in [1.165, 1.54) is 5.56 Å². The number of pyridine rings is 1. The lowest BCUT2D eigenvalue weighted by molar-refractivity contribution is 0.409. The molecule has 0 spiro atoms. The maximum absolute atomic E-state index is 9.09. The number of imidazole rings is 1. The zero-order valence-corrected chi connectivity index (χ0v) is 14.0. The van der Waals surface area contributed by atoms with E-state index in [0.717, 1.165) is 27.4 Å². The molecule has 5 nitrogen and oxygen atoms in total. The summed E-state index contributed by atoms with van der Waals surface area (Å²) in [5, 5.41) is 9.94. The van der Waals surface area contributed by atoms with Gasteiger partial charge in [0, 0.05) is 17.5 Å². The van der Waals surface area contributed by atoms with Gasteiger partial charge in [-0.1, -0.05) is 17.8 Å². The van der Waals surface area contributed by atoms with E-state index in [4.69, 9.17) is 10.00 Å². The van der Waals surface area contributed by atoms with Crippen molar-refractivity contribution in [3.8, 4) is 11.8 Å². The quantitative estimate of drug-likeness (QED) is 0.740. The summed E-state index contributed by atoms with van der Waals surface area (Å²) in [4.78, 5) is 12.3. The summed E-state index contributed by atoms with van der Waals surface area (Å²) in [7, 11) is 1.57. The molecule has 0 fully saturated rings. The van der Waals surface area contributed by atoms with Crippen molar-refractivity contribution >= 4 is 22.8 Å². The molecule has 1 aromatic carbocycles. The smallest absolute Gasteiger partial charge is 0.166 e. The number of nitriles is 1. The van der Waals surface area contributed by atoms with Gasteiger partial charge < -0.3 is 9.72 Å². The van der Waals surface area contributed by atoms with Gasteiger partial charge in [-0.2, -0.15) is 5.26 Å². The minimum atomic E-state index is 0.456. The van der Waals surface area contributed by atoms with E-state index < -0.39 is 0 Å². The molecule has 0 aliphatic heterocycles. The van der Waals surface area contributed by atoms with Crippen LogP contribution in [0.15, 0.2) is 29.6 Å². The van der Waals surface area contributed by atoms with Gasteiger partial charge in [-0.15, -0.1) is 0 Å². The molecule has 0 saturated carbocycles. The number of aryl methyl sites for hydroxylation is 1. The first-order chi connectivity index (χ1) is 11.1. The van der Waals surface area contributed by atoms with Crippen LogP contribution in [0.3, 0.4) is 0 Å². The van der Waals surface area contributed by atoms with Gasteiger partial charge in [0.1, 0.15) is 17.4 Å². The van der Waals surface area contributed by atoms with E-state index in [1.807, 2.05) is 13.0 Å². The summed E-state index contributed by atoms with van der Waals surface area (Å²) in [6, 6.07) is 8.25. The molecule has 116 valence electrons. The average Bonchev–Trinajstić information content (AvgIpc) is 2.95. The highest BCUT2D eigenvalue weighted by atomic mass is 32.2. The minimum Gasteiger partial charge on any atom is -0.495 e. The molecule has 0 amide bonds. The molecule has 1 N–H and O–H groups in total. The molecule has 0 aliphatic rings. The molecule has 2 aromatic heterocycles. The molecule has 0 radical (unpaired) electrons. The zero-order valence-electron chi connectivity index (χ0n) is 13.2. The lowest BCUT2D eigenvalue weighted by Gasteiger charge is -2.10. The molecule has 0 unspecified atom stereocenters. The van der Waals surface area contributed by atoms with E-state index in [2.05, 4.69) is 40.1 Å². The van der Waals surface area contributed by atoms with Gasteiger partial charge in [-0.25, -0.2) is 4.98 Å². The third kappa shape index (κ3) is 3.01. The normalized spacial score (nSPS) is 10.7. The number of methoxy groups -OCH3 is 1. The standard InChI is InChI=1S/C17H16N4OS/c1-10-4-5-13-14(6-10)21-17(20-13)23-9-15-11(2)16(22-3)12(7-18)8-19-15/h4-6,8H,9H2,1-3H3,(H,20,21). The first-order valence-electron chi connectivity index (χ1n) is 7.14. The Morgan fingerprint density at radius 1 is 1.35 bits per heavy atom. The fourth-order valence-corrected chi connectivity index (χ4v) is 3.33. The van der Waals surface area contributed by atoms with Crippen molar-refractivity contribution < 1.29 is 4.74 Å². The van der Waals surface area contributed by atoms with Gasteiger partial charge in [0.15, 0.2) is 5.16 Å². The van der Waals surface area contributed by atoms with E-state index >= 15 is 0 Å². The van der Waals surface area contributed by atoms with Crippen LogP contribution in [0.25, 0.3) is 11.0 Å². The van der Waals surface area contributed by atoms with Crippen LogP contribution in [0.1, 0.15) is 22.4 Å². The molecule has 0 bridgehead atoms. The number of benzene rings is 1. The fraction of sp³-hybridized carbons (Fsp3) is 0.235. The van der Waals surface area contributed by atoms with Crippen molar-refractivity contribution in [2.24, 2.45) is 0 Å². The highest BCUT2D eigenvalue weighted by Gasteiger charge is 2.13. The molecule has 2 heterocycles. The summed E-state index contributed by atoms with van der Waals surface area (Å²) in [5.41, 5.74) is 5.44. The van der Waals surface area contributed by atoms with Crippen LogP contribution in [0, 0.1) is 25.2 Å². The summed E-state index contributed by atoms with van der Waals surface area (Å²) >= 11 is 1.58. The molecule has 6 heteroatoms. The molecule has 0 aliphatic carbocycles. The molecule has 3 rings (SSSR count). The number of aromatic amines is 1. The summed E-state index contributed by atoms with van der Waals surface area (Å²) in [5.74, 6) is 1.26. The first kappa shape index (κ1) is 15.4. The van der Waals surface area contributed by atoms with Gasteiger partial charge in [0.2, 0.25) is 0 Å². The summed E-state index contributed by atoms with van der Waals surface area (Å²) in [6.45, 7) is 3.98. The Hall–Kier alpha value is -2.52. The van der Waals surface area contributed by atoms with Crippen LogP contribution < -0.4 is 4.74 Å². The number of thioether (sulfide) groups is 1. The number of rotatable bonds is 4. The van der Waals surface area contributed by atoms with Crippen LogP contribution in [0.2, 0.25) is 0 Å². The monoisotopic (exact) mass is 324 g/mol. The number of hydrogen-bond donors (Lipinski definition) is 1.